The first-order valence-electron chi connectivity index (χ1n) is 5.57. The molecule has 0 unspecified atom stereocenters. The summed E-state index contributed by atoms with van der Waals surface area (Å²) < 4.78 is 2.09. The minimum absolute atomic E-state index is 1.04. The topological polar surface area (TPSA) is 21.1 Å². The average Bonchev–Trinajstić information content (AvgIpc) is 2.63. The van der Waals surface area contributed by atoms with E-state index >= 15 is 0 Å². The molecule has 1 saturated heterocycles. The maximum absolute atomic E-state index is 4.29. The largest absolute Gasteiger partial charge is 0.301 e. The van der Waals surface area contributed by atoms with Crippen molar-refractivity contribution in [2.24, 2.45) is 0 Å². The number of rotatable bonds is 3. The number of nitrogens with zero attached hydrogens (tertiary/aromatic N) is 3. The lowest BCUT2D eigenvalue weighted by Gasteiger charge is -2.26. The van der Waals surface area contributed by atoms with Gasteiger partial charge in [-0.3, -0.25) is 4.68 Å². The lowest BCUT2D eigenvalue weighted by molar-refractivity contribution is 0.217. The summed E-state index contributed by atoms with van der Waals surface area (Å²) in [7, 11) is 0. The highest BCUT2D eigenvalue weighted by atomic mass is 15.3. The molecular weight excluding hydrogens is 174 g/mol. The summed E-state index contributed by atoms with van der Waals surface area (Å²) in [4.78, 5) is 2.55. The van der Waals surface area contributed by atoms with Crippen LogP contribution in [0.25, 0.3) is 0 Å². The second-order valence-electron chi connectivity index (χ2n) is 4.10. The zero-order valence-electron chi connectivity index (χ0n) is 8.95. The van der Waals surface area contributed by atoms with Gasteiger partial charge in [0.15, 0.2) is 0 Å². The molecule has 0 N–H and O–H groups in total. The van der Waals surface area contributed by atoms with Gasteiger partial charge < -0.3 is 4.90 Å². The lowest BCUT2D eigenvalue weighted by Crippen LogP contribution is -2.32. The lowest BCUT2D eigenvalue weighted by atomic mass is 10.1. The van der Waals surface area contributed by atoms with Gasteiger partial charge in [0, 0.05) is 18.4 Å². The van der Waals surface area contributed by atoms with E-state index in [0.717, 1.165) is 13.1 Å². The number of hydrogen-bond donors (Lipinski definition) is 0. The molecule has 0 bridgehead atoms. The fraction of sp³-hybridized carbons (Fsp3) is 0.727. The van der Waals surface area contributed by atoms with Gasteiger partial charge in [0.25, 0.3) is 0 Å². The van der Waals surface area contributed by atoms with E-state index in [4.69, 9.17) is 0 Å². The summed E-state index contributed by atoms with van der Waals surface area (Å²) in [5.74, 6) is 0. The van der Waals surface area contributed by atoms with Crippen LogP contribution in [0.2, 0.25) is 0 Å². The molecule has 1 aliphatic heterocycles. The molecule has 78 valence electrons. The van der Waals surface area contributed by atoms with Gasteiger partial charge in [-0.2, -0.15) is 5.10 Å². The molecule has 0 amide bonds. The monoisotopic (exact) mass is 193 g/mol. The van der Waals surface area contributed by atoms with Gasteiger partial charge in [-0.05, 0) is 38.9 Å². The van der Waals surface area contributed by atoms with E-state index in [0.29, 0.717) is 0 Å². The van der Waals surface area contributed by atoms with E-state index in [1.165, 1.54) is 38.0 Å². The van der Waals surface area contributed by atoms with Crippen LogP contribution >= 0.6 is 0 Å². The molecule has 2 heterocycles. The maximum atomic E-state index is 4.29. The van der Waals surface area contributed by atoms with E-state index in [-0.39, 0.29) is 0 Å². The Hall–Kier alpha value is -0.830. The van der Waals surface area contributed by atoms with Crippen LogP contribution in [0.15, 0.2) is 12.3 Å². The number of aryl methyl sites for hydroxylation is 1. The normalized spacial score (nSPS) is 18.6. The molecule has 0 spiro atoms. The molecule has 1 aromatic rings. The fourth-order valence-electron chi connectivity index (χ4n) is 2.05. The van der Waals surface area contributed by atoms with E-state index < -0.39 is 0 Å². The quantitative estimate of drug-likeness (QED) is 0.728. The first-order chi connectivity index (χ1) is 6.86. The van der Waals surface area contributed by atoms with Crippen LogP contribution in [0.3, 0.4) is 0 Å². The summed E-state index contributed by atoms with van der Waals surface area (Å²) in [6.07, 6.45) is 6.04. The highest BCUT2D eigenvalue weighted by molar-refractivity contribution is 4.96. The van der Waals surface area contributed by atoms with E-state index in [1.54, 1.807) is 0 Å². The van der Waals surface area contributed by atoms with Gasteiger partial charge in [0.1, 0.15) is 0 Å². The number of hydrogen-bond acceptors (Lipinski definition) is 2. The fourth-order valence-corrected chi connectivity index (χ4v) is 2.05. The van der Waals surface area contributed by atoms with Crippen molar-refractivity contribution in [3.63, 3.8) is 0 Å². The van der Waals surface area contributed by atoms with E-state index in [9.17, 15) is 0 Å². The highest BCUT2D eigenvalue weighted by Gasteiger charge is 2.09. The van der Waals surface area contributed by atoms with Gasteiger partial charge in [-0.1, -0.05) is 6.42 Å². The third kappa shape index (κ3) is 2.35. The molecule has 1 aliphatic rings. The number of likely N-dealkylation sites (tertiary alicyclic amines) is 1. The van der Waals surface area contributed by atoms with Crippen molar-refractivity contribution < 1.29 is 0 Å². The summed E-state index contributed by atoms with van der Waals surface area (Å²) in [5, 5.41) is 4.29. The third-order valence-electron chi connectivity index (χ3n) is 3.01. The minimum atomic E-state index is 1.04. The zero-order valence-corrected chi connectivity index (χ0v) is 8.95. The Labute approximate surface area is 85.7 Å². The average molecular weight is 193 g/mol. The van der Waals surface area contributed by atoms with Crippen LogP contribution in [0.1, 0.15) is 25.0 Å². The minimum Gasteiger partial charge on any atom is -0.301 e. The van der Waals surface area contributed by atoms with Crippen LogP contribution in [0.5, 0.6) is 0 Å². The molecule has 0 saturated carbocycles. The van der Waals surface area contributed by atoms with Gasteiger partial charge >= 0.3 is 0 Å². The summed E-state index contributed by atoms with van der Waals surface area (Å²) in [6, 6.07) is 2.07. The molecule has 0 radical (unpaired) electrons. The highest BCUT2D eigenvalue weighted by Crippen LogP contribution is 2.08. The van der Waals surface area contributed by atoms with E-state index in [2.05, 4.69) is 27.7 Å². The van der Waals surface area contributed by atoms with Crippen LogP contribution in [0, 0.1) is 6.92 Å². The maximum Gasteiger partial charge on any atom is 0.0539 e. The van der Waals surface area contributed by atoms with Crippen LogP contribution < -0.4 is 0 Å². The molecule has 0 atom stereocenters. The van der Waals surface area contributed by atoms with Crippen molar-refractivity contribution in [1.29, 1.82) is 0 Å². The number of aromatic nitrogens is 2. The van der Waals surface area contributed by atoms with Crippen LogP contribution in [-0.2, 0) is 6.54 Å². The predicted molar refractivity (Wildman–Crippen MR) is 57.3 cm³/mol. The van der Waals surface area contributed by atoms with Crippen LogP contribution in [-0.4, -0.2) is 34.3 Å². The van der Waals surface area contributed by atoms with Crippen molar-refractivity contribution in [3.05, 3.63) is 18.0 Å². The smallest absolute Gasteiger partial charge is 0.0539 e. The van der Waals surface area contributed by atoms with Gasteiger partial charge in [-0.15, -0.1) is 0 Å². The van der Waals surface area contributed by atoms with Crippen molar-refractivity contribution in [1.82, 2.24) is 14.7 Å². The molecule has 1 aromatic heterocycles. The van der Waals surface area contributed by atoms with Gasteiger partial charge in [-0.25, -0.2) is 0 Å². The molecule has 3 nitrogen and oxygen atoms in total. The molecule has 2 rings (SSSR count). The summed E-state index contributed by atoms with van der Waals surface area (Å²) >= 11 is 0. The molecule has 1 fully saturated rings. The Bertz CT molecular complexity index is 274. The third-order valence-corrected chi connectivity index (χ3v) is 3.01. The first-order valence-corrected chi connectivity index (χ1v) is 5.57. The second-order valence-corrected chi connectivity index (χ2v) is 4.10. The molecule has 0 aromatic carbocycles. The first kappa shape index (κ1) is 9.71. The SMILES string of the molecule is Cc1ccnn1CCN1CCCCC1. The Morgan fingerprint density at radius 1 is 1.21 bits per heavy atom. The Kier molecular flexibility index (Phi) is 3.19. The predicted octanol–water partition coefficient (Wildman–Crippen LogP) is 1.68. The zero-order chi connectivity index (χ0) is 9.80. The number of piperidine rings is 1. The standard InChI is InChI=1S/C11H19N3/c1-11-5-6-12-14(11)10-9-13-7-3-2-4-8-13/h5-6H,2-4,7-10H2,1H3. The van der Waals surface area contributed by atoms with Gasteiger partial charge in [0.2, 0.25) is 0 Å². The Morgan fingerprint density at radius 3 is 2.64 bits per heavy atom. The van der Waals surface area contributed by atoms with Crippen molar-refractivity contribution in [2.45, 2.75) is 32.7 Å². The summed E-state index contributed by atoms with van der Waals surface area (Å²) in [6.45, 7) is 6.87. The van der Waals surface area contributed by atoms with Crippen molar-refractivity contribution in [2.75, 3.05) is 19.6 Å². The molecule has 0 aliphatic carbocycles. The van der Waals surface area contributed by atoms with Crippen molar-refractivity contribution in [3.8, 4) is 0 Å². The molecular formula is C11H19N3. The van der Waals surface area contributed by atoms with Gasteiger partial charge in [0.05, 0.1) is 6.54 Å². The Morgan fingerprint density at radius 2 is 2.00 bits per heavy atom. The molecule has 3 heteroatoms. The summed E-state index contributed by atoms with van der Waals surface area (Å²) in [5.41, 5.74) is 1.27. The van der Waals surface area contributed by atoms with Crippen molar-refractivity contribution >= 4 is 0 Å². The second kappa shape index (κ2) is 4.60. The Balaban J connectivity index is 1.79. The molecule has 14 heavy (non-hydrogen) atoms. The van der Waals surface area contributed by atoms with E-state index in [1.807, 2.05) is 6.20 Å². The van der Waals surface area contributed by atoms with Crippen LogP contribution in [0.4, 0.5) is 0 Å².